The Bertz CT molecular complexity index is 445. The second-order valence-electron chi connectivity index (χ2n) is 4.30. The summed E-state index contributed by atoms with van der Waals surface area (Å²) in [5.41, 5.74) is 0.985. The Balaban J connectivity index is 2.29. The van der Waals surface area contributed by atoms with Crippen LogP contribution in [0.4, 0.5) is 24.9 Å². The van der Waals surface area contributed by atoms with Gasteiger partial charge in [0, 0.05) is 19.2 Å². The number of rotatable bonds is 2. The minimum atomic E-state index is -4.56. The van der Waals surface area contributed by atoms with Crippen molar-refractivity contribution >= 4 is 11.8 Å². The van der Waals surface area contributed by atoms with Crippen molar-refractivity contribution in [1.82, 2.24) is 9.97 Å². The van der Waals surface area contributed by atoms with E-state index in [1.54, 1.807) is 4.90 Å². The van der Waals surface area contributed by atoms with Crippen molar-refractivity contribution < 1.29 is 18.3 Å². The zero-order valence-electron chi connectivity index (χ0n) is 9.98. The second kappa shape index (κ2) is 5.17. The highest BCUT2D eigenvalue weighted by molar-refractivity contribution is 5.45. The van der Waals surface area contributed by atoms with E-state index in [0.717, 1.165) is 6.07 Å². The number of nitrogens with two attached hydrogens (primary N) is 1. The smallest absolute Gasteiger partial charge is 0.393 e. The van der Waals surface area contributed by atoms with Crippen LogP contribution in [-0.2, 0) is 6.18 Å². The van der Waals surface area contributed by atoms with Crippen LogP contribution in [-0.4, -0.2) is 34.3 Å². The molecule has 6 nitrogen and oxygen atoms in total. The van der Waals surface area contributed by atoms with Gasteiger partial charge in [-0.05, 0) is 12.8 Å². The van der Waals surface area contributed by atoms with Gasteiger partial charge < -0.3 is 10.0 Å². The molecule has 2 rings (SSSR count). The monoisotopic (exact) mass is 277 g/mol. The summed E-state index contributed by atoms with van der Waals surface area (Å²) in [5, 5.41) is 9.39. The number of nitrogens with one attached hydrogen (secondary N) is 1. The Labute approximate surface area is 107 Å². The zero-order valence-corrected chi connectivity index (χ0v) is 9.98. The van der Waals surface area contributed by atoms with Gasteiger partial charge in [0.05, 0.1) is 6.10 Å². The third kappa shape index (κ3) is 3.24. The van der Waals surface area contributed by atoms with Crippen molar-refractivity contribution in [3.8, 4) is 0 Å². The largest absolute Gasteiger partial charge is 0.433 e. The van der Waals surface area contributed by atoms with E-state index in [9.17, 15) is 18.3 Å². The number of halogens is 3. The van der Waals surface area contributed by atoms with Crippen molar-refractivity contribution in [2.75, 3.05) is 23.4 Å². The summed E-state index contributed by atoms with van der Waals surface area (Å²) in [6.07, 6.45) is -3.97. The molecule has 0 amide bonds. The Morgan fingerprint density at radius 1 is 1.32 bits per heavy atom. The fourth-order valence-electron chi connectivity index (χ4n) is 1.90. The summed E-state index contributed by atoms with van der Waals surface area (Å²) >= 11 is 0. The number of nitrogens with zero attached hydrogens (tertiary/aromatic N) is 3. The summed E-state index contributed by atoms with van der Waals surface area (Å²) < 4.78 is 38.1. The molecule has 106 valence electrons. The molecule has 1 aromatic heterocycles. The van der Waals surface area contributed by atoms with Gasteiger partial charge in [0.2, 0.25) is 5.95 Å². The lowest BCUT2D eigenvalue weighted by Crippen LogP contribution is -2.36. The molecule has 0 saturated carbocycles. The van der Waals surface area contributed by atoms with Crippen LogP contribution in [0.3, 0.4) is 0 Å². The standard InChI is InChI=1S/C10H14F3N5O/c11-10(12,13)7-5-8(16-9(15-7)17-14)18-3-1-6(19)2-4-18/h5-6,19H,1-4,14H2,(H,15,16,17). The van der Waals surface area contributed by atoms with Gasteiger partial charge in [-0.15, -0.1) is 0 Å². The van der Waals surface area contributed by atoms with E-state index in [4.69, 9.17) is 5.84 Å². The van der Waals surface area contributed by atoms with E-state index in [1.807, 2.05) is 5.43 Å². The molecule has 1 fully saturated rings. The van der Waals surface area contributed by atoms with Gasteiger partial charge in [0.1, 0.15) is 5.82 Å². The number of hydrazine groups is 1. The van der Waals surface area contributed by atoms with Crippen LogP contribution in [0.25, 0.3) is 0 Å². The molecule has 0 spiro atoms. The van der Waals surface area contributed by atoms with Crippen LogP contribution >= 0.6 is 0 Å². The highest BCUT2D eigenvalue weighted by atomic mass is 19.4. The molecule has 0 atom stereocenters. The zero-order chi connectivity index (χ0) is 14.0. The summed E-state index contributed by atoms with van der Waals surface area (Å²) in [6.45, 7) is 0.888. The molecule has 1 saturated heterocycles. The predicted octanol–water partition coefficient (Wildman–Crippen LogP) is 0.742. The summed E-state index contributed by atoms with van der Waals surface area (Å²) in [6, 6.07) is 0.887. The number of hydrogen-bond donors (Lipinski definition) is 3. The van der Waals surface area contributed by atoms with E-state index in [-0.39, 0.29) is 11.8 Å². The number of anilines is 2. The van der Waals surface area contributed by atoms with E-state index in [1.165, 1.54) is 0 Å². The van der Waals surface area contributed by atoms with E-state index >= 15 is 0 Å². The first-order valence-corrected chi connectivity index (χ1v) is 5.76. The Hall–Kier alpha value is -1.61. The number of aromatic nitrogens is 2. The first kappa shape index (κ1) is 13.8. The van der Waals surface area contributed by atoms with Crippen molar-refractivity contribution in [3.63, 3.8) is 0 Å². The van der Waals surface area contributed by atoms with Gasteiger partial charge in [-0.2, -0.15) is 18.2 Å². The second-order valence-corrected chi connectivity index (χ2v) is 4.30. The van der Waals surface area contributed by atoms with Crippen molar-refractivity contribution in [3.05, 3.63) is 11.8 Å². The molecule has 0 unspecified atom stereocenters. The minimum Gasteiger partial charge on any atom is -0.393 e. The summed E-state index contributed by atoms with van der Waals surface area (Å²) in [4.78, 5) is 8.87. The normalized spacial score (nSPS) is 17.6. The van der Waals surface area contributed by atoms with Crippen LogP contribution in [0.2, 0.25) is 0 Å². The first-order chi connectivity index (χ1) is 8.90. The average molecular weight is 277 g/mol. The predicted molar refractivity (Wildman–Crippen MR) is 62.3 cm³/mol. The first-order valence-electron chi connectivity index (χ1n) is 5.76. The number of nitrogen functional groups attached to an aromatic ring is 1. The van der Waals surface area contributed by atoms with Gasteiger partial charge in [0.15, 0.2) is 5.69 Å². The molecule has 1 aliphatic heterocycles. The maximum absolute atomic E-state index is 12.7. The summed E-state index contributed by atoms with van der Waals surface area (Å²) in [5.74, 6) is 4.95. The lowest BCUT2D eigenvalue weighted by atomic mass is 10.1. The maximum atomic E-state index is 12.7. The van der Waals surface area contributed by atoms with Crippen molar-refractivity contribution in [2.24, 2.45) is 5.84 Å². The highest BCUT2D eigenvalue weighted by Gasteiger charge is 2.34. The Morgan fingerprint density at radius 2 is 1.95 bits per heavy atom. The summed E-state index contributed by atoms with van der Waals surface area (Å²) in [7, 11) is 0. The third-order valence-corrected chi connectivity index (χ3v) is 2.92. The van der Waals surface area contributed by atoms with Gasteiger partial charge in [-0.3, -0.25) is 5.43 Å². The van der Waals surface area contributed by atoms with Crippen molar-refractivity contribution in [2.45, 2.75) is 25.1 Å². The van der Waals surface area contributed by atoms with Crippen LogP contribution < -0.4 is 16.2 Å². The lowest BCUT2D eigenvalue weighted by molar-refractivity contribution is -0.141. The lowest BCUT2D eigenvalue weighted by Gasteiger charge is -2.30. The molecule has 0 aromatic carbocycles. The van der Waals surface area contributed by atoms with Crippen LogP contribution in [0, 0.1) is 0 Å². The van der Waals surface area contributed by atoms with E-state index in [0.29, 0.717) is 25.9 Å². The van der Waals surface area contributed by atoms with Crippen molar-refractivity contribution in [1.29, 1.82) is 0 Å². The maximum Gasteiger partial charge on any atom is 0.433 e. The van der Waals surface area contributed by atoms with Crippen LogP contribution in [0.15, 0.2) is 6.07 Å². The molecule has 0 radical (unpaired) electrons. The molecule has 9 heteroatoms. The van der Waals surface area contributed by atoms with E-state index < -0.39 is 18.0 Å². The van der Waals surface area contributed by atoms with Crippen LogP contribution in [0.1, 0.15) is 18.5 Å². The Morgan fingerprint density at radius 3 is 2.47 bits per heavy atom. The molecular formula is C10H14F3N5O. The molecule has 1 aliphatic rings. The fraction of sp³-hybridized carbons (Fsp3) is 0.600. The molecule has 0 bridgehead atoms. The quantitative estimate of drug-likeness (QED) is 0.546. The SMILES string of the molecule is NNc1nc(N2CCC(O)CC2)cc(C(F)(F)F)n1. The van der Waals surface area contributed by atoms with Gasteiger partial charge in [0.25, 0.3) is 0 Å². The van der Waals surface area contributed by atoms with Gasteiger partial charge in [-0.1, -0.05) is 0 Å². The highest BCUT2D eigenvalue weighted by Crippen LogP contribution is 2.31. The van der Waals surface area contributed by atoms with Gasteiger partial charge in [-0.25, -0.2) is 10.8 Å². The Kier molecular flexibility index (Phi) is 3.76. The number of aliphatic hydroxyl groups excluding tert-OH is 1. The minimum absolute atomic E-state index is 0.155. The number of aliphatic hydroxyl groups is 1. The molecule has 1 aromatic rings. The topological polar surface area (TPSA) is 87.3 Å². The van der Waals surface area contributed by atoms with Crippen LogP contribution in [0.5, 0.6) is 0 Å². The van der Waals surface area contributed by atoms with E-state index in [2.05, 4.69) is 9.97 Å². The number of piperidine rings is 1. The van der Waals surface area contributed by atoms with Gasteiger partial charge >= 0.3 is 6.18 Å². The molecule has 19 heavy (non-hydrogen) atoms. The average Bonchev–Trinajstić information content (AvgIpc) is 2.38. The number of alkyl halides is 3. The molecule has 4 N–H and O–H groups in total. The molecular weight excluding hydrogens is 263 g/mol. The third-order valence-electron chi connectivity index (χ3n) is 2.92. The number of hydrogen-bond acceptors (Lipinski definition) is 6. The molecule has 2 heterocycles. The molecule has 0 aliphatic carbocycles. The fourth-order valence-corrected chi connectivity index (χ4v) is 1.90.